The van der Waals surface area contributed by atoms with Gasteiger partial charge in [-0.2, -0.15) is 10.2 Å². The van der Waals surface area contributed by atoms with Crippen LogP contribution in [0.25, 0.3) is 11.4 Å². The van der Waals surface area contributed by atoms with Crippen molar-refractivity contribution in [3.05, 3.63) is 88.8 Å². The molecule has 27 heavy (non-hydrogen) atoms. The number of nitrogens with one attached hydrogen (secondary N) is 1. The van der Waals surface area contributed by atoms with Gasteiger partial charge in [0, 0.05) is 16.7 Å². The third-order valence-electron chi connectivity index (χ3n) is 4.18. The van der Waals surface area contributed by atoms with E-state index in [-0.39, 0.29) is 5.91 Å². The van der Waals surface area contributed by atoms with Crippen molar-refractivity contribution in [1.29, 1.82) is 0 Å². The molecule has 0 aliphatic carbocycles. The lowest BCUT2D eigenvalue weighted by atomic mass is 10.2. The summed E-state index contributed by atoms with van der Waals surface area (Å²) in [6.45, 7) is 1.87. The minimum absolute atomic E-state index is 0.242. The summed E-state index contributed by atoms with van der Waals surface area (Å²) in [7, 11) is 0. The van der Waals surface area contributed by atoms with Gasteiger partial charge < -0.3 is 5.32 Å². The Bertz CT molecular complexity index is 1080. The molecular formula is C20H16BrN5O. The highest BCUT2D eigenvalue weighted by atomic mass is 79.9. The second kappa shape index (κ2) is 7.20. The molecule has 0 spiro atoms. The highest BCUT2D eigenvalue weighted by molar-refractivity contribution is 9.10. The number of nitrogens with zero attached hydrogens (tertiary/aromatic N) is 4. The summed E-state index contributed by atoms with van der Waals surface area (Å²) in [4.78, 5) is 12.7. The molecule has 1 amide bonds. The smallest absolute Gasteiger partial charge is 0.260 e. The zero-order valence-corrected chi connectivity index (χ0v) is 16.1. The van der Waals surface area contributed by atoms with Crippen LogP contribution in [0.4, 0.5) is 5.82 Å². The van der Waals surface area contributed by atoms with Gasteiger partial charge in [-0.3, -0.25) is 4.79 Å². The molecule has 2 aromatic carbocycles. The zero-order valence-electron chi connectivity index (χ0n) is 14.5. The number of aromatic nitrogens is 4. The number of carbonyl (C=O) groups excluding carboxylic acids is 1. The Kier molecular flexibility index (Phi) is 4.60. The second-order valence-electron chi connectivity index (χ2n) is 5.97. The Morgan fingerprint density at radius 3 is 2.48 bits per heavy atom. The van der Waals surface area contributed by atoms with Crippen molar-refractivity contribution in [3.63, 3.8) is 0 Å². The van der Waals surface area contributed by atoms with E-state index in [1.54, 1.807) is 21.6 Å². The van der Waals surface area contributed by atoms with Crippen LogP contribution in [0.15, 0.2) is 77.5 Å². The fraction of sp³-hybridized carbons (Fsp3) is 0.0500. The van der Waals surface area contributed by atoms with Gasteiger partial charge in [0.2, 0.25) is 0 Å². The van der Waals surface area contributed by atoms with Crippen LogP contribution in [-0.4, -0.2) is 25.5 Å². The van der Waals surface area contributed by atoms with Crippen molar-refractivity contribution in [2.45, 2.75) is 6.92 Å². The molecule has 0 bridgehead atoms. The SMILES string of the molecule is Cc1c(C(=O)Nc2ccn(-c3ccccc3)n2)cnn1-c1ccc(Br)cc1. The molecule has 0 unspecified atom stereocenters. The molecule has 7 heteroatoms. The first-order chi connectivity index (χ1) is 13.1. The largest absolute Gasteiger partial charge is 0.305 e. The van der Waals surface area contributed by atoms with Gasteiger partial charge in [-0.1, -0.05) is 34.1 Å². The van der Waals surface area contributed by atoms with E-state index in [4.69, 9.17) is 0 Å². The number of halogens is 1. The molecule has 2 aromatic heterocycles. The Labute approximate surface area is 164 Å². The second-order valence-corrected chi connectivity index (χ2v) is 6.88. The highest BCUT2D eigenvalue weighted by Gasteiger charge is 2.16. The van der Waals surface area contributed by atoms with E-state index in [0.717, 1.165) is 21.5 Å². The van der Waals surface area contributed by atoms with Gasteiger partial charge >= 0.3 is 0 Å². The van der Waals surface area contributed by atoms with Gasteiger partial charge in [-0.05, 0) is 43.3 Å². The minimum atomic E-state index is -0.242. The first-order valence-electron chi connectivity index (χ1n) is 8.35. The van der Waals surface area contributed by atoms with Crippen LogP contribution in [0.3, 0.4) is 0 Å². The fourth-order valence-electron chi connectivity index (χ4n) is 2.77. The average molecular weight is 422 g/mol. The molecule has 134 valence electrons. The number of para-hydroxylation sites is 1. The topological polar surface area (TPSA) is 64.7 Å². The third-order valence-corrected chi connectivity index (χ3v) is 4.71. The summed E-state index contributed by atoms with van der Waals surface area (Å²) >= 11 is 3.42. The predicted octanol–water partition coefficient (Wildman–Crippen LogP) is 4.38. The van der Waals surface area contributed by atoms with Crippen LogP contribution in [0, 0.1) is 6.92 Å². The maximum Gasteiger partial charge on any atom is 0.260 e. The third kappa shape index (κ3) is 3.54. The predicted molar refractivity (Wildman–Crippen MR) is 108 cm³/mol. The average Bonchev–Trinajstić information content (AvgIpc) is 3.30. The van der Waals surface area contributed by atoms with E-state index < -0.39 is 0 Å². The standard InChI is InChI=1S/C20H16BrN5O/c1-14-18(13-22-26(14)17-9-7-15(21)8-10-17)20(27)23-19-11-12-25(24-19)16-5-3-2-4-6-16/h2-13H,1H3,(H,23,24,27). The van der Waals surface area contributed by atoms with E-state index in [1.165, 1.54) is 0 Å². The summed E-state index contributed by atoms with van der Waals surface area (Å²) < 4.78 is 4.44. The van der Waals surface area contributed by atoms with Crippen LogP contribution >= 0.6 is 15.9 Å². The van der Waals surface area contributed by atoms with Crippen molar-refractivity contribution in [2.75, 3.05) is 5.32 Å². The molecular weight excluding hydrogens is 406 g/mol. The van der Waals surface area contributed by atoms with E-state index in [1.807, 2.05) is 67.7 Å². The van der Waals surface area contributed by atoms with E-state index in [9.17, 15) is 4.79 Å². The molecule has 0 radical (unpaired) electrons. The number of hydrogen-bond donors (Lipinski definition) is 1. The van der Waals surface area contributed by atoms with Crippen molar-refractivity contribution in [2.24, 2.45) is 0 Å². The van der Waals surface area contributed by atoms with Crippen molar-refractivity contribution in [1.82, 2.24) is 19.6 Å². The van der Waals surface area contributed by atoms with Crippen LogP contribution in [0.2, 0.25) is 0 Å². The van der Waals surface area contributed by atoms with E-state index in [2.05, 4.69) is 31.4 Å². The Hall–Kier alpha value is -3.19. The van der Waals surface area contributed by atoms with Gasteiger partial charge in [0.25, 0.3) is 5.91 Å². The van der Waals surface area contributed by atoms with E-state index >= 15 is 0 Å². The van der Waals surface area contributed by atoms with Crippen molar-refractivity contribution >= 4 is 27.7 Å². The lowest BCUT2D eigenvalue weighted by Gasteiger charge is -2.06. The van der Waals surface area contributed by atoms with Gasteiger partial charge in [0.1, 0.15) is 0 Å². The number of hydrogen-bond acceptors (Lipinski definition) is 3. The highest BCUT2D eigenvalue weighted by Crippen LogP contribution is 2.18. The summed E-state index contributed by atoms with van der Waals surface area (Å²) in [6.07, 6.45) is 3.38. The number of carbonyl (C=O) groups is 1. The lowest BCUT2D eigenvalue weighted by molar-refractivity contribution is 0.102. The first-order valence-corrected chi connectivity index (χ1v) is 9.14. The molecule has 0 saturated carbocycles. The maximum atomic E-state index is 12.7. The summed E-state index contributed by atoms with van der Waals surface area (Å²) in [5.41, 5.74) is 3.09. The quantitative estimate of drug-likeness (QED) is 0.531. The molecule has 2 heterocycles. The van der Waals surface area contributed by atoms with Gasteiger partial charge in [0.05, 0.1) is 28.8 Å². The molecule has 0 aliphatic rings. The normalized spacial score (nSPS) is 10.7. The van der Waals surface area contributed by atoms with Gasteiger partial charge in [0.15, 0.2) is 5.82 Å². The first kappa shape index (κ1) is 17.2. The number of benzene rings is 2. The Balaban J connectivity index is 1.54. The number of anilines is 1. The van der Waals surface area contributed by atoms with Crippen molar-refractivity contribution in [3.8, 4) is 11.4 Å². The zero-order chi connectivity index (χ0) is 18.8. The number of amides is 1. The monoisotopic (exact) mass is 421 g/mol. The molecule has 0 fully saturated rings. The van der Waals surface area contributed by atoms with E-state index in [0.29, 0.717) is 11.4 Å². The number of rotatable bonds is 4. The fourth-order valence-corrected chi connectivity index (χ4v) is 3.04. The van der Waals surface area contributed by atoms with Crippen molar-refractivity contribution < 1.29 is 4.79 Å². The Morgan fingerprint density at radius 2 is 1.74 bits per heavy atom. The summed E-state index contributed by atoms with van der Waals surface area (Å²) in [6, 6.07) is 19.2. The molecule has 0 saturated heterocycles. The maximum absolute atomic E-state index is 12.7. The molecule has 4 rings (SSSR count). The molecule has 4 aromatic rings. The Morgan fingerprint density at radius 1 is 1.00 bits per heavy atom. The molecule has 0 aliphatic heterocycles. The van der Waals surface area contributed by atoms with Crippen LogP contribution in [0.1, 0.15) is 16.1 Å². The minimum Gasteiger partial charge on any atom is -0.305 e. The summed E-state index contributed by atoms with van der Waals surface area (Å²) in [5.74, 6) is 0.244. The van der Waals surface area contributed by atoms with Crippen LogP contribution in [0.5, 0.6) is 0 Å². The molecule has 0 atom stereocenters. The van der Waals surface area contributed by atoms with Crippen LogP contribution in [-0.2, 0) is 0 Å². The van der Waals surface area contributed by atoms with Crippen LogP contribution < -0.4 is 5.32 Å². The van der Waals surface area contributed by atoms with Gasteiger partial charge in [-0.15, -0.1) is 0 Å². The molecule has 1 N–H and O–H groups in total. The molecule has 6 nitrogen and oxygen atoms in total. The summed E-state index contributed by atoms with van der Waals surface area (Å²) in [5, 5.41) is 11.6. The van der Waals surface area contributed by atoms with Gasteiger partial charge in [-0.25, -0.2) is 9.36 Å². The lowest BCUT2D eigenvalue weighted by Crippen LogP contribution is -2.13.